The van der Waals surface area contributed by atoms with Crippen LogP contribution in [0.15, 0.2) is 63.6 Å². The smallest absolute Gasteiger partial charge is 0.373 e. The second-order valence-corrected chi connectivity index (χ2v) is 8.05. The fourth-order valence-electron chi connectivity index (χ4n) is 3.53. The van der Waals surface area contributed by atoms with E-state index in [4.69, 9.17) is 13.9 Å². The fraction of sp³-hybridized carbons (Fsp3) is 0.292. The van der Waals surface area contributed by atoms with Crippen molar-refractivity contribution in [2.45, 2.75) is 25.3 Å². The number of carbonyl (C=O) groups is 1. The summed E-state index contributed by atoms with van der Waals surface area (Å²) in [7, 11) is 0. The maximum absolute atomic E-state index is 12.1. The van der Waals surface area contributed by atoms with Crippen molar-refractivity contribution in [3.8, 4) is 0 Å². The molecule has 5 nitrogen and oxygen atoms in total. The monoisotopic (exact) mass is 423 g/mol. The summed E-state index contributed by atoms with van der Waals surface area (Å²) in [6.45, 7) is 6.05. The summed E-state index contributed by atoms with van der Waals surface area (Å²) in [5.41, 5.74) is 2.95. The molecule has 30 heavy (non-hydrogen) atoms. The summed E-state index contributed by atoms with van der Waals surface area (Å²) >= 11 is 1.90. The molecule has 0 saturated heterocycles. The number of ether oxygens (including phenoxy) is 2. The summed E-state index contributed by atoms with van der Waals surface area (Å²) in [5, 5.41) is 0.998. The Hall–Kier alpha value is -2.86. The van der Waals surface area contributed by atoms with E-state index >= 15 is 0 Å². The largest absolute Gasteiger partial charge is 0.487 e. The number of furan rings is 1. The van der Waals surface area contributed by atoms with Crippen molar-refractivity contribution in [1.29, 1.82) is 0 Å². The first kappa shape index (κ1) is 20.4. The molecular weight excluding hydrogens is 398 g/mol. The Kier molecular flexibility index (Phi) is 6.33. The van der Waals surface area contributed by atoms with Crippen LogP contribution in [0, 0.1) is 0 Å². The van der Waals surface area contributed by atoms with Crippen LogP contribution in [0.3, 0.4) is 0 Å². The lowest BCUT2D eigenvalue weighted by Crippen LogP contribution is -2.28. The standard InChI is InChI=1S/C24H25NO4S/c1-3-27-22(24(26)28-4-2)14-17-9-10-21-18(13-17)15-19(29-21)16-25-11-12-30-23-8-6-5-7-20(23)25/h5-10,13-15H,3-4,11-12,16H2,1-2H3/b22-14-. The van der Waals surface area contributed by atoms with E-state index in [0.29, 0.717) is 13.2 Å². The summed E-state index contributed by atoms with van der Waals surface area (Å²) < 4.78 is 16.6. The van der Waals surface area contributed by atoms with E-state index in [1.54, 1.807) is 13.0 Å². The van der Waals surface area contributed by atoms with Crippen LogP contribution >= 0.6 is 11.8 Å². The average Bonchev–Trinajstić information content (AvgIpc) is 3.15. The first-order chi connectivity index (χ1) is 14.7. The highest BCUT2D eigenvalue weighted by Crippen LogP contribution is 2.35. The minimum absolute atomic E-state index is 0.213. The van der Waals surface area contributed by atoms with Crippen LogP contribution in [0.2, 0.25) is 0 Å². The quantitative estimate of drug-likeness (QED) is 0.285. The average molecular weight is 424 g/mol. The number of nitrogens with zero attached hydrogens (tertiary/aromatic N) is 1. The molecule has 0 radical (unpaired) electrons. The molecular formula is C24H25NO4S. The molecule has 0 atom stereocenters. The first-order valence-corrected chi connectivity index (χ1v) is 11.2. The van der Waals surface area contributed by atoms with E-state index in [1.165, 1.54) is 10.6 Å². The Labute approximate surface area is 180 Å². The molecule has 6 heteroatoms. The van der Waals surface area contributed by atoms with Crippen LogP contribution in [-0.2, 0) is 20.8 Å². The topological polar surface area (TPSA) is 51.9 Å². The van der Waals surface area contributed by atoms with Crippen LogP contribution in [0.5, 0.6) is 0 Å². The van der Waals surface area contributed by atoms with Gasteiger partial charge in [-0.2, -0.15) is 0 Å². The summed E-state index contributed by atoms with van der Waals surface area (Å²) in [5.74, 6) is 1.75. The predicted molar refractivity (Wildman–Crippen MR) is 121 cm³/mol. The minimum Gasteiger partial charge on any atom is -0.487 e. The Morgan fingerprint density at radius 3 is 2.80 bits per heavy atom. The van der Waals surface area contributed by atoms with Crippen LogP contribution in [0.4, 0.5) is 5.69 Å². The van der Waals surface area contributed by atoms with Crippen LogP contribution in [0.1, 0.15) is 25.2 Å². The van der Waals surface area contributed by atoms with Crippen molar-refractivity contribution >= 4 is 40.5 Å². The number of para-hydroxylation sites is 1. The van der Waals surface area contributed by atoms with Gasteiger partial charge in [-0.25, -0.2) is 4.79 Å². The van der Waals surface area contributed by atoms with Crippen LogP contribution < -0.4 is 4.90 Å². The Morgan fingerprint density at radius 1 is 1.13 bits per heavy atom. The third kappa shape index (κ3) is 4.49. The molecule has 1 aromatic heterocycles. The molecule has 2 heterocycles. The van der Waals surface area contributed by atoms with Crippen LogP contribution in [-0.4, -0.2) is 31.5 Å². The molecule has 0 fully saturated rings. The molecule has 0 bridgehead atoms. The molecule has 0 spiro atoms. The van der Waals surface area contributed by atoms with Crippen molar-refractivity contribution < 1.29 is 18.7 Å². The number of fused-ring (bicyclic) bond motifs is 2. The predicted octanol–water partition coefficient (Wildman–Crippen LogP) is 5.49. The van der Waals surface area contributed by atoms with Crippen molar-refractivity contribution in [3.05, 3.63) is 65.6 Å². The molecule has 0 amide bonds. The molecule has 0 N–H and O–H groups in total. The van der Waals surface area contributed by atoms with Gasteiger partial charge in [0.2, 0.25) is 5.76 Å². The number of anilines is 1. The number of esters is 1. The molecule has 4 rings (SSSR count). The van der Waals surface area contributed by atoms with E-state index < -0.39 is 5.97 Å². The molecule has 1 aliphatic rings. The van der Waals surface area contributed by atoms with Gasteiger partial charge in [0.05, 0.1) is 25.4 Å². The van der Waals surface area contributed by atoms with Crippen molar-refractivity contribution in [3.63, 3.8) is 0 Å². The molecule has 0 unspecified atom stereocenters. The lowest BCUT2D eigenvalue weighted by atomic mass is 10.1. The zero-order valence-corrected chi connectivity index (χ0v) is 18.0. The normalized spacial score (nSPS) is 13.9. The van der Waals surface area contributed by atoms with Gasteiger partial charge in [-0.15, -0.1) is 11.8 Å². The van der Waals surface area contributed by atoms with Gasteiger partial charge in [-0.1, -0.05) is 18.2 Å². The third-order valence-electron chi connectivity index (χ3n) is 4.84. The van der Waals surface area contributed by atoms with E-state index in [9.17, 15) is 4.79 Å². The molecule has 0 aliphatic carbocycles. The SMILES string of the molecule is CCOC(=O)/C(=C/c1ccc2oc(CN3CCSc4ccccc43)cc2c1)OCC. The third-order valence-corrected chi connectivity index (χ3v) is 5.88. The number of hydrogen-bond donors (Lipinski definition) is 0. The summed E-state index contributed by atoms with van der Waals surface area (Å²) in [4.78, 5) is 15.8. The van der Waals surface area contributed by atoms with Crippen molar-refractivity contribution in [2.75, 3.05) is 30.4 Å². The van der Waals surface area contributed by atoms with Gasteiger partial charge in [0.15, 0.2) is 0 Å². The van der Waals surface area contributed by atoms with Gasteiger partial charge in [-0.3, -0.25) is 0 Å². The summed E-state index contributed by atoms with van der Waals surface area (Å²) in [6, 6.07) is 16.4. The number of thioether (sulfide) groups is 1. The highest BCUT2D eigenvalue weighted by atomic mass is 32.2. The number of rotatable bonds is 7. The number of benzene rings is 2. The van der Waals surface area contributed by atoms with Gasteiger partial charge in [0, 0.05) is 22.6 Å². The second-order valence-electron chi connectivity index (χ2n) is 6.91. The van der Waals surface area contributed by atoms with Gasteiger partial charge in [0.25, 0.3) is 0 Å². The molecule has 156 valence electrons. The Balaban J connectivity index is 1.57. The zero-order valence-electron chi connectivity index (χ0n) is 17.2. The van der Waals surface area contributed by atoms with Gasteiger partial charge >= 0.3 is 5.97 Å². The molecule has 2 aromatic carbocycles. The van der Waals surface area contributed by atoms with Gasteiger partial charge in [-0.05, 0) is 55.8 Å². The van der Waals surface area contributed by atoms with E-state index in [1.807, 2.05) is 36.9 Å². The zero-order chi connectivity index (χ0) is 20.9. The van der Waals surface area contributed by atoms with Gasteiger partial charge in [0.1, 0.15) is 11.3 Å². The first-order valence-electron chi connectivity index (χ1n) is 10.2. The minimum atomic E-state index is -0.450. The van der Waals surface area contributed by atoms with Crippen molar-refractivity contribution in [2.24, 2.45) is 0 Å². The second kappa shape index (κ2) is 9.30. The van der Waals surface area contributed by atoms with E-state index in [2.05, 4.69) is 35.2 Å². The molecule has 3 aromatic rings. The Bertz CT molecular complexity index is 1070. The van der Waals surface area contributed by atoms with E-state index in [-0.39, 0.29) is 5.76 Å². The number of carbonyl (C=O) groups excluding carboxylic acids is 1. The molecule has 1 aliphatic heterocycles. The molecule has 0 saturated carbocycles. The fourth-order valence-corrected chi connectivity index (χ4v) is 4.58. The highest BCUT2D eigenvalue weighted by molar-refractivity contribution is 7.99. The maximum Gasteiger partial charge on any atom is 0.373 e. The Morgan fingerprint density at radius 2 is 1.97 bits per heavy atom. The highest BCUT2D eigenvalue weighted by Gasteiger charge is 2.18. The summed E-state index contributed by atoms with van der Waals surface area (Å²) in [6.07, 6.45) is 1.71. The van der Waals surface area contributed by atoms with E-state index in [0.717, 1.165) is 41.1 Å². The lowest BCUT2D eigenvalue weighted by molar-refractivity contribution is -0.142. The maximum atomic E-state index is 12.1. The van der Waals surface area contributed by atoms with Crippen LogP contribution in [0.25, 0.3) is 17.0 Å². The van der Waals surface area contributed by atoms with Crippen molar-refractivity contribution in [1.82, 2.24) is 0 Å². The van der Waals surface area contributed by atoms with Gasteiger partial charge < -0.3 is 18.8 Å². The lowest BCUT2D eigenvalue weighted by Gasteiger charge is -2.29. The number of hydrogen-bond acceptors (Lipinski definition) is 6.